The van der Waals surface area contributed by atoms with Crippen LogP contribution in [0.1, 0.15) is 0 Å². The molecule has 0 saturated carbocycles. The van der Waals surface area contributed by atoms with Crippen molar-refractivity contribution in [2.24, 2.45) is 0 Å². The second-order valence-corrected chi connectivity index (χ2v) is 3.80. The van der Waals surface area contributed by atoms with Crippen LogP contribution in [0.4, 0.5) is 24.7 Å². The van der Waals surface area contributed by atoms with E-state index in [2.05, 4.69) is 9.72 Å². The van der Waals surface area contributed by atoms with Crippen molar-refractivity contribution in [3.8, 4) is 5.88 Å². The molecular formula is C10H12F3N3O4. The van der Waals surface area contributed by atoms with Gasteiger partial charge in [0.15, 0.2) is 6.61 Å². The maximum Gasteiger partial charge on any atom is 0.422 e. The molecule has 0 spiro atoms. The van der Waals surface area contributed by atoms with Crippen LogP contribution in [0.15, 0.2) is 12.1 Å². The standard InChI is InChI=1S/C10H12F3N3O4/c1-15(4-5-17)8-3-2-7(16(18)19)9(14-8)20-6-10(11,12)13/h2-3,17H,4-6H2,1H3. The zero-order valence-corrected chi connectivity index (χ0v) is 10.4. The molecule has 1 rings (SSSR count). The first-order chi connectivity index (χ1) is 9.24. The molecule has 0 aliphatic heterocycles. The highest BCUT2D eigenvalue weighted by atomic mass is 19.4. The maximum atomic E-state index is 12.1. The number of nitrogens with zero attached hydrogens (tertiary/aromatic N) is 3. The molecule has 112 valence electrons. The molecule has 0 aliphatic rings. The van der Waals surface area contributed by atoms with Gasteiger partial charge in [0.1, 0.15) is 5.82 Å². The fourth-order valence-corrected chi connectivity index (χ4v) is 1.30. The van der Waals surface area contributed by atoms with Crippen LogP contribution in [0.2, 0.25) is 0 Å². The largest absolute Gasteiger partial charge is 0.463 e. The van der Waals surface area contributed by atoms with E-state index in [1.807, 2.05) is 0 Å². The van der Waals surface area contributed by atoms with E-state index in [1.165, 1.54) is 18.0 Å². The highest BCUT2D eigenvalue weighted by molar-refractivity contribution is 5.50. The number of alkyl halides is 3. The molecule has 1 N–H and O–H groups in total. The highest BCUT2D eigenvalue weighted by Crippen LogP contribution is 2.29. The molecule has 1 heterocycles. The molecule has 1 aromatic heterocycles. The number of hydrogen-bond donors (Lipinski definition) is 1. The van der Waals surface area contributed by atoms with E-state index in [-0.39, 0.29) is 19.0 Å². The normalized spacial score (nSPS) is 11.2. The van der Waals surface area contributed by atoms with Gasteiger partial charge in [-0.3, -0.25) is 10.1 Å². The van der Waals surface area contributed by atoms with Gasteiger partial charge in [0.05, 0.1) is 11.5 Å². The van der Waals surface area contributed by atoms with Crippen molar-refractivity contribution >= 4 is 11.5 Å². The molecule has 0 atom stereocenters. The number of pyridine rings is 1. The van der Waals surface area contributed by atoms with Crippen LogP contribution in [-0.4, -0.2) is 48.0 Å². The molecule has 0 unspecified atom stereocenters. The van der Waals surface area contributed by atoms with Crippen molar-refractivity contribution in [1.82, 2.24) is 4.98 Å². The quantitative estimate of drug-likeness (QED) is 0.629. The number of ether oxygens (including phenoxy) is 1. The lowest BCUT2D eigenvalue weighted by atomic mass is 10.3. The zero-order valence-electron chi connectivity index (χ0n) is 10.4. The Morgan fingerprint density at radius 2 is 2.15 bits per heavy atom. The first-order valence-electron chi connectivity index (χ1n) is 5.41. The minimum atomic E-state index is -4.62. The van der Waals surface area contributed by atoms with E-state index in [1.54, 1.807) is 0 Å². The molecule has 1 aromatic rings. The molecule has 7 nitrogen and oxygen atoms in total. The van der Waals surface area contributed by atoms with Gasteiger partial charge in [0.2, 0.25) is 0 Å². The Balaban J connectivity index is 3.02. The number of aromatic nitrogens is 1. The summed E-state index contributed by atoms with van der Waals surface area (Å²) in [6, 6.07) is 2.26. The first kappa shape index (κ1) is 16.0. The summed E-state index contributed by atoms with van der Waals surface area (Å²) >= 11 is 0. The smallest absolute Gasteiger partial charge is 0.422 e. The van der Waals surface area contributed by atoms with E-state index in [0.717, 1.165) is 6.07 Å². The zero-order chi connectivity index (χ0) is 15.3. The van der Waals surface area contributed by atoms with Gasteiger partial charge in [0.25, 0.3) is 5.88 Å². The minimum absolute atomic E-state index is 0.154. The molecule has 0 saturated heterocycles. The number of halogens is 3. The van der Waals surface area contributed by atoms with Crippen molar-refractivity contribution in [1.29, 1.82) is 0 Å². The average Bonchev–Trinajstić information content (AvgIpc) is 2.35. The topological polar surface area (TPSA) is 88.7 Å². The number of aliphatic hydroxyl groups is 1. The van der Waals surface area contributed by atoms with Crippen LogP contribution in [0.5, 0.6) is 5.88 Å². The van der Waals surface area contributed by atoms with Gasteiger partial charge in [-0.15, -0.1) is 0 Å². The summed E-state index contributed by atoms with van der Waals surface area (Å²) < 4.78 is 40.6. The second kappa shape index (κ2) is 6.37. The van der Waals surface area contributed by atoms with Crippen LogP contribution in [-0.2, 0) is 0 Å². The Bertz CT molecular complexity index is 481. The number of aliphatic hydroxyl groups excluding tert-OH is 1. The third-order valence-electron chi connectivity index (χ3n) is 2.22. The van der Waals surface area contributed by atoms with Crippen molar-refractivity contribution in [3.05, 3.63) is 22.2 Å². The lowest BCUT2D eigenvalue weighted by Crippen LogP contribution is -2.23. The van der Waals surface area contributed by atoms with Crippen molar-refractivity contribution in [2.45, 2.75) is 6.18 Å². The second-order valence-electron chi connectivity index (χ2n) is 3.80. The summed E-state index contributed by atoms with van der Waals surface area (Å²) in [5.41, 5.74) is -0.657. The number of rotatable bonds is 6. The van der Waals surface area contributed by atoms with Crippen LogP contribution in [0, 0.1) is 10.1 Å². The predicted molar refractivity (Wildman–Crippen MR) is 62.8 cm³/mol. The van der Waals surface area contributed by atoms with E-state index >= 15 is 0 Å². The minimum Gasteiger partial charge on any atom is -0.463 e. The molecule has 0 amide bonds. The van der Waals surface area contributed by atoms with Gasteiger partial charge in [0, 0.05) is 19.7 Å². The SMILES string of the molecule is CN(CCO)c1ccc([N+](=O)[O-])c(OCC(F)(F)F)n1. The Morgan fingerprint density at radius 1 is 1.50 bits per heavy atom. The predicted octanol–water partition coefficient (Wildman–Crippen LogP) is 1.36. The Morgan fingerprint density at radius 3 is 2.65 bits per heavy atom. The number of hydrogen-bond acceptors (Lipinski definition) is 6. The van der Waals surface area contributed by atoms with Gasteiger partial charge in [-0.25, -0.2) is 0 Å². The third-order valence-corrected chi connectivity index (χ3v) is 2.22. The van der Waals surface area contributed by atoms with E-state index in [4.69, 9.17) is 5.11 Å². The van der Waals surface area contributed by atoms with Gasteiger partial charge in [-0.05, 0) is 6.07 Å². The van der Waals surface area contributed by atoms with E-state index < -0.39 is 29.3 Å². The Kier molecular flexibility index (Phi) is 5.08. The molecule has 0 aromatic carbocycles. The monoisotopic (exact) mass is 295 g/mol. The molecular weight excluding hydrogens is 283 g/mol. The van der Waals surface area contributed by atoms with Gasteiger partial charge < -0.3 is 14.7 Å². The lowest BCUT2D eigenvalue weighted by molar-refractivity contribution is -0.386. The van der Waals surface area contributed by atoms with Gasteiger partial charge in [-0.1, -0.05) is 0 Å². The lowest BCUT2D eigenvalue weighted by Gasteiger charge is -2.17. The fraction of sp³-hybridized carbons (Fsp3) is 0.500. The summed E-state index contributed by atoms with van der Waals surface area (Å²) in [4.78, 5) is 14.9. The molecule has 20 heavy (non-hydrogen) atoms. The summed E-state index contributed by atoms with van der Waals surface area (Å²) in [6.07, 6.45) is -4.62. The Labute approximate surface area is 111 Å². The molecule has 0 bridgehead atoms. The van der Waals surface area contributed by atoms with Gasteiger partial charge >= 0.3 is 11.9 Å². The van der Waals surface area contributed by atoms with Crippen molar-refractivity contribution < 1.29 is 27.9 Å². The highest BCUT2D eigenvalue weighted by Gasteiger charge is 2.30. The molecule has 0 radical (unpaired) electrons. The van der Waals surface area contributed by atoms with Crippen LogP contribution in [0.25, 0.3) is 0 Å². The van der Waals surface area contributed by atoms with Crippen molar-refractivity contribution in [3.63, 3.8) is 0 Å². The third kappa shape index (κ3) is 4.53. The number of nitro groups is 1. The van der Waals surface area contributed by atoms with E-state index in [0.29, 0.717) is 0 Å². The van der Waals surface area contributed by atoms with Gasteiger partial charge in [-0.2, -0.15) is 18.2 Å². The van der Waals surface area contributed by atoms with Crippen molar-refractivity contribution in [2.75, 3.05) is 31.7 Å². The average molecular weight is 295 g/mol. The molecule has 0 aliphatic carbocycles. The molecule has 0 fully saturated rings. The first-order valence-corrected chi connectivity index (χ1v) is 5.41. The maximum absolute atomic E-state index is 12.1. The summed E-state index contributed by atoms with van der Waals surface area (Å²) in [5.74, 6) is -0.559. The summed E-state index contributed by atoms with van der Waals surface area (Å²) in [5, 5.41) is 19.5. The summed E-state index contributed by atoms with van der Waals surface area (Å²) in [7, 11) is 1.53. The van der Waals surface area contributed by atoms with Crippen LogP contribution >= 0.6 is 0 Å². The Hall–Kier alpha value is -2.10. The molecule has 10 heteroatoms. The summed E-state index contributed by atoms with van der Waals surface area (Å²) in [6.45, 7) is -1.70. The number of anilines is 1. The van der Waals surface area contributed by atoms with Crippen LogP contribution in [0.3, 0.4) is 0 Å². The fourth-order valence-electron chi connectivity index (χ4n) is 1.30. The van der Waals surface area contributed by atoms with E-state index in [9.17, 15) is 23.3 Å². The van der Waals surface area contributed by atoms with Crippen LogP contribution < -0.4 is 9.64 Å². The number of likely N-dealkylation sites (N-methyl/N-ethyl adjacent to an activating group) is 1.